The summed E-state index contributed by atoms with van der Waals surface area (Å²) in [5.41, 5.74) is 5.58. The van der Waals surface area contributed by atoms with Crippen LogP contribution in [0.3, 0.4) is 0 Å². The predicted molar refractivity (Wildman–Crippen MR) is 194 cm³/mol. The fraction of sp³-hybridized carbons (Fsp3) is 0.297. The van der Waals surface area contributed by atoms with E-state index in [2.05, 4.69) is 28.4 Å². The molecule has 0 spiro atoms. The zero-order valence-corrected chi connectivity index (χ0v) is 28.9. The summed E-state index contributed by atoms with van der Waals surface area (Å²) in [6.45, 7) is 0.368. The number of rotatable bonds is 16. The van der Waals surface area contributed by atoms with Gasteiger partial charge in [0.25, 0.3) is 5.91 Å². The van der Waals surface area contributed by atoms with Crippen LogP contribution >= 0.6 is 11.3 Å². The average Bonchev–Trinajstić information content (AvgIpc) is 3.74. The first-order valence-electron chi connectivity index (χ1n) is 16.0. The topological polar surface area (TPSA) is 137 Å². The van der Waals surface area contributed by atoms with Crippen LogP contribution < -0.4 is 5.32 Å². The third kappa shape index (κ3) is 9.11. The van der Waals surface area contributed by atoms with Gasteiger partial charge in [0.05, 0.1) is 33.3 Å². The molecule has 0 saturated heterocycles. The summed E-state index contributed by atoms with van der Waals surface area (Å²) in [6, 6.07) is 27.0. The van der Waals surface area contributed by atoms with E-state index in [1.165, 1.54) is 17.7 Å². The summed E-state index contributed by atoms with van der Waals surface area (Å²) in [4.78, 5) is 45.6. The molecule has 49 heavy (non-hydrogen) atoms. The molecule has 5 rings (SSSR count). The Bertz CT molecular complexity index is 1950. The Kier molecular flexibility index (Phi) is 11.4. The highest BCUT2D eigenvalue weighted by Crippen LogP contribution is 2.25. The van der Waals surface area contributed by atoms with Crippen molar-refractivity contribution in [3.05, 3.63) is 123 Å². The Hall–Kier alpha value is -5.04. The van der Waals surface area contributed by atoms with Crippen molar-refractivity contribution < 1.29 is 14.5 Å². The lowest BCUT2D eigenvalue weighted by molar-refractivity contribution is -0.380. The van der Waals surface area contributed by atoms with E-state index in [0.29, 0.717) is 30.0 Å². The predicted octanol–water partition coefficient (Wildman–Crippen LogP) is 5.57. The molecule has 3 heterocycles. The van der Waals surface area contributed by atoms with E-state index in [1.807, 2.05) is 98.3 Å². The lowest BCUT2D eigenvalue weighted by Gasteiger charge is -2.25. The highest BCUT2D eigenvalue weighted by Gasteiger charge is 2.21. The van der Waals surface area contributed by atoms with Crippen molar-refractivity contribution >= 4 is 39.4 Å². The van der Waals surface area contributed by atoms with Crippen LogP contribution in [0.5, 0.6) is 0 Å². The van der Waals surface area contributed by atoms with Crippen molar-refractivity contribution in [2.75, 3.05) is 34.7 Å². The maximum atomic E-state index is 13.2. The Labute approximate surface area is 289 Å². The summed E-state index contributed by atoms with van der Waals surface area (Å²) >= 11 is 0.860. The molecule has 2 atom stereocenters. The number of amides is 1. The molecule has 0 aliphatic carbocycles. The number of nitrogens with zero attached hydrogens (tertiary/aromatic N) is 5. The van der Waals surface area contributed by atoms with Gasteiger partial charge in [-0.2, -0.15) is 0 Å². The van der Waals surface area contributed by atoms with Crippen LogP contribution in [0, 0.1) is 15.5 Å². The minimum Gasteiger partial charge on any atom is -0.350 e. The first kappa shape index (κ1) is 35.3. The number of thiophene rings is 1. The first-order chi connectivity index (χ1) is 23.5. The lowest BCUT2D eigenvalue weighted by atomic mass is 9.97. The van der Waals surface area contributed by atoms with Crippen LogP contribution in [0.4, 0.5) is 5.00 Å². The van der Waals surface area contributed by atoms with E-state index < -0.39 is 4.92 Å². The Morgan fingerprint density at radius 2 is 1.61 bits per heavy atom. The molecule has 0 unspecified atom stereocenters. The van der Waals surface area contributed by atoms with Gasteiger partial charge in [0.1, 0.15) is 5.65 Å². The largest absolute Gasteiger partial charge is 0.350 e. The number of imidazole rings is 1. The third-order valence-electron chi connectivity index (χ3n) is 8.62. The number of benzene rings is 2. The molecule has 0 aliphatic heterocycles. The summed E-state index contributed by atoms with van der Waals surface area (Å²) < 4.78 is 1.98. The van der Waals surface area contributed by atoms with Gasteiger partial charge in [0.15, 0.2) is 5.78 Å². The number of pyridine rings is 1. The second kappa shape index (κ2) is 15.9. The van der Waals surface area contributed by atoms with Gasteiger partial charge in [-0.15, -0.1) is 0 Å². The van der Waals surface area contributed by atoms with Gasteiger partial charge in [-0.1, -0.05) is 65.9 Å². The monoisotopic (exact) mass is 679 g/mol. The maximum Gasteiger partial charge on any atom is 0.324 e. The smallest absolute Gasteiger partial charge is 0.324 e. The van der Waals surface area contributed by atoms with Crippen LogP contribution in [-0.2, 0) is 24.1 Å². The molecule has 0 radical (unpaired) electrons. The standard InChI is InChI=1S/C37H41N7O4S/c1-41(2)29(19-25-10-6-5-7-11-25)22-31(38)33(45)21-28-24-43-32(14-9-15-35(43)40-28)27-13-8-12-26(18-27)20-30(42(3)4)23-39-37(46)34-16-17-36(49-34)44(47)48/h5-18,24,29-30,38H,19-23H2,1-4H3,(H,39,46)/t29-,30-/m0/s1. The van der Waals surface area contributed by atoms with Gasteiger partial charge in [-0.05, 0) is 82.0 Å². The molecule has 2 aromatic carbocycles. The minimum absolute atomic E-state index is 0.0223. The molecule has 0 aliphatic rings. The summed E-state index contributed by atoms with van der Waals surface area (Å²) in [5, 5.41) is 22.5. The van der Waals surface area contributed by atoms with Gasteiger partial charge < -0.3 is 20.5 Å². The molecule has 12 heteroatoms. The zero-order chi connectivity index (χ0) is 35.1. The number of fused-ring (bicyclic) bond motifs is 1. The van der Waals surface area contributed by atoms with Crippen molar-refractivity contribution in [1.82, 2.24) is 24.5 Å². The number of ketones is 1. The molecule has 5 aromatic rings. The number of nitro groups is 1. The van der Waals surface area contributed by atoms with Crippen molar-refractivity contribution in [3.8, 4) is 11.3 Å². The third-order valence-corrected chi connectivity index (χ3v) is 9.66. The number of nitrogens with one attached hydrogen (secondary N) is 2. The molecular weight excluding hydrogens is 639 g/mol. The summed E-state index contributed by atoms with van der Waals surface area (Å²) in [6.07, 6.45) is 3.71. The molecule has 254 valence electrons. The van der Waals surface area contributed by atoms with E-state index in [9.17, 15) is 19.7 Å². The number of carbonyl (C=O) groups is 2. The van der Waals surface area contributed by atoms with Crippen molar-refractivity contribution in [2.24, 2.45) is 0 Å². The van der Waals surface area contributed by atoms with E-state index in [1.54, 1.807) is 0 Å². The molecule has 11 nitrogen and oxygen atoms in total. The normalized spacial score (nSPS) is 12.7. The lowest BCUT2D eigenvalue weighted by Crippen LogP contribution is -2.41. The maximum absolute atomic E-state index is 13.2. The van der Waals surface area contributed by atoms with Gasteiger partial charge in [0, 0.05) is 37.3 Å². The molecular formula is C37H41N7O4S. The fourth-order valence-electron chi connectivity index (χ4n) is 5.74. The van der Waals surface area contributed by atoms with Crippen LogP contribution in [-0.4, -0.2) is 88.3 Å². The number of carbonyl (C=O) groups excluding carboxylic acids is 2. The van der Waals surface area contributed by atoms with E-state index in [4.69, 9.17) is 10.4 Å². The average molecular weight is 680 g/mol. The number of hydrogen-bond donors (Lipinski definition) is 2. The van der Waals surface area contributed by atoms with E-state index in [-0.39, 0.29) is 40.9 Å². The van der Waals surface area contributed by atoms with Gasteiger partial charge in [-0.25, -0.2) is 4.98 Å². The van der Waals surface area contributed by atoms with Crippen LogP contribution in [0.2, 0.25) is 0 Å². The van der Waals surface area contributed by atoms with Gasteiger partial charge in [-0.3, -0.25) is 24.1 Å². The first-order valence-corrected chi connectivity index (χ1v) is 16.9. The van der Waals surface area contributed by atoms with E-state index >= 15 is 0 Å². The van der Waals surface area contributed by atoms with Crippen LogP contribution in [0.1, 0.15) is 32.9 Å². The van der Waals surface area contributed by atoms with Crippen molar-refractivity contribution in [2.45, 2.75) is 37.8 Å². The molecule has 0 fully saturated rings. The van der Waals surface area contributed by atoms with Crippen molar-refractivity contribution in [3.63, 3.8) is 0 Å². The molecule has 1 amide bonds. The molecule has 2 N–H and O–H groups in total. The Morgan fingerprint density at radius 3 is 2.31 bits per heavy atom. The fourth-order valence-corrected chi connectivity index (χ4v) is 6.48. The number of hydrogen-bond acceptors (Lipinski definition) is 9. The minimum atomic E-state index is -0.497. The molecule has 3 aromatic heterocycles. The number of aromatic nitrogens is 2. The van der Waals surface area contributed by atoms with Crippen LogP contribution in [0.15, 0.2) is 91.1 Å². The quantitative estimate of drug-likeness (QED) is 0.0791. The second-order valence-corrected chi connectivity index (χ2v) is 13.7. The van der Waals surface area contributed by atoms with Gasteiger partial charge in [0.2, 0.25) is 0 Å². The highest BCUT2D eigenvalue weighted by atomic mass is 32.1. The summed E-state index contributed by atoms with van der Waals surface area (Å²) in [5.74, 6) is -0.564. The molecule has 0 bridgehead atoms. The van der Waals surface area contributed by atoms with E-state index in [0.717, 1.165) is 40.2 Å². The number of Topliss-reactive ketones (excluding diaryl/α,β-unsaturated/α-hetero) is 1. The number of likely N-dealkylation sites (N-methyl/N-ethyl adjacent to an activating group) is 2. The van der Waals surface area contributed by atoms with Crippen LogP contribution in [0.25, 0.3) is 16.9 Å². The molecule has 0 saturated carbocycles. The Morgan fingerprint density at radius 1 is 0.918 bits per heavy atom. The van der Waals surface area contributed by atoms with Crippen molar-refractivity contribution in [1.29, 1.82) is 5.41 Å². The zero-order valence-electron chi connectivity index (χ0n) is 28.1. The SMILES string of the molecule is CN(C)[C@H](CNC(=O)c1ccc([N+](=O)[O-])s1)Cc1cccc(-c2cccc3nc(CC(=O)C(=N)C[C@H](Cc4ccccc4)N(C)C)cn23)c1. The highest BCUT2D eigenvalue weighted by molar-refractivity contribution is 7.17. The Balaban J connectivity index is 1.26. The second-order valence-electron chi connectivity index (χ2n) is 12.6. The van der Waals surface area contributed by atoms with Gasteiger partial charge >= 0.3 is 5.00 Å². The summed E-state index contributed by atoms with van der Waals surface area (Å²) in [7, 11) is 7.86.